The molecule has 1 amide bonds. The molecule has 4 nitrogen and oxygen atoms in total. The van der Waals surface area contributed by atoms with Crippen LogP contribution in [0.2, 0.25) is 0 Å². The average Bonchev–Trinajstić information content (AvgIpc) is 2.25. The summed E-state index contributed by atoms with van der Waals surface area (Å²) in [5, 5.41) is 9.31. The molecule has 19 heavy (non-hydrogen) atoms. The van der Waals surface area contributed by atoms with E-state index in [4.69, 9.17) is 0 Å². The number of hydrogen-bond donors (Lipinski definition) is 1. The number of carboxylic acids is 1. The van der Waals surface area contributed by atoms with Crippen molar-refractivity contribution in [2.24, 2.45) is 17.8 Å². The molecule has 4 saturated carbocycles. The van der Waals surface area contributed by atoms with Gasteiger partial charge in [-0.15, -0.1) is 0 Å². The summed E-state index contributed by atoms with van der Waals surface area (Å²) in [6.07, 6.45) is 6.97. The van der Waals surface area contributed by atoms with E-state index in [0.717, 1.165) is 19.3 Å². The summed E-state index contributed by atoms with van der Waals surface area (Å²) in [6.45, 7) is 3.18. The number of rotatable bonds is 3. The topological polar surface area (TPSA) is 57.6 Å². The zero-order valence-electron chi connectivity index (χ0n) is 11.8. The van der Waals surface area contributed by atoms with Crippen molar-refractivity contribution in [1.82, 2.24) is 4.90 Å². The first-order valence-corrected chi connectivity index (χ1v) is 7.44. The molecule has 4 aliphatic rings. The van der Waals surface area contributed by atoms with Gasteiger partial charge in [0.05, 0.1) is 0 Å². The molecule has 1 atom stereocenters. The number of hydrogen-bond acceptors (Lipinski definition) is 2. The molecule has 4 aliphatic carbocycles. The maximum atomic E-state index is 12.1. The third-order valence-electron chi connectivity index (χ3n) is 5.60. The number of nitrogens with zero attached hydrogens (tertiary/aromatic N) is 1. The SMILES string of the molecule is CC(=O)N(C(C)C(=O)O)C12CC3CC(CC(C3)C1)C2. The van der Waals surface area contributed by atoms with Crippen molar-refractivity contribution in [2.75, 3.05) is 0 Å². The van der Waals surface area contributed by atoms with E-state index in [2.05, 4.69) is 0 Å². The third-order valence-corrected chi connectivity index (χ3v) is 5.60. The van der Waals surface area contributed by atoms with Gasteiger partial charge in [0.2, 0.25) is 5.91 Å². The maximum absolute atomic E-state index is 12.1. The number of carbonyl (C=O) groups is 2. The second kappa shape index (κ2) is 4.22. The van der Waals surface area contributed by atoms with Crippen molar-refractivity contribution in [3.05, 3.63) is 0 Å². The van der Waals surface area contributed by atoms with Crippen molar-refractivity contribution in [3.63, 3.8) is 0 Å². The highest BCUT2D eigenvalue weighted by Gasteiger charge is 2.55. The molecular formula is C15H23NO3. The molecule has 4 fully saturated rings. The van der Waals surface area contributed by atoms with Gasteiger partial charge in [0.1, 0.15) is 6.04 Å². The molecule has 0 aromatic heterocycles. The summed E-state index contributed by atoms with van der Waals surface area (Å²) in [4.78, 5) is 25.1. The normalized spacial score (nSPS) is 41.1. The molecule has 0 aromatic rings. The highest BCUT2D eigenvalue weighted by Crippen LogP contribution is 2.58. The minimum Gasteiger partial charge on any atom is -0.480 e. The predicted octanol–water partition coefficient (Wildman–Crippen LogP) is 2.28. The Morgan fingerprint density at radius 2 is 1.53 bits per heavy atom. The molecule has 1 N–H and O–H groups in total. The summed E-state index contributed by atoms with van der Waals surface area (Å²) in [6, 6.07) is -0.700. The van der Waals surface area contributed by atoms with E-state index < -0.39 is 12.0 Å². The van der Waals surface area contributed by atoms with Crippen LogP contribution in [0.15, 0.2) is 0 Å². The van der Waals surface area contributed by atoms with Crippen LogP contribution in [0.3, 0.4) is 0 Å². The Morgan fingerprint density at radius 1 is 1.11 bits per heavy atom. The lowest BCUT2D eigenvalue weighted by molar-refractivity contribution is -0.166. The van der Waals surface area contributed by atoms with Crippen LogP contribution in [0.5, 0.6) is 0 Å². The number of carboxylic acid groups (broad SMARTS) is 1. The molecule has 0 spiro atoms. The lowest BCUT2D eigenvalue weighted by Gasteiger charge is -2.61. The molecule has 0 aliphatic heterocycles. The second-order valence-electron chi connectivity index (χ2n) is 7.05. The van der Waals surface area contributed by atoms with Crippen LogP contribution in [-0.4, -0.2) is 33.5 Å². The van der Waals surface area contributed by atoms with Crippen LogP contribution in [-0.2, 0) is 9.59 Å². The zero-order valence-corrected chi connectivity index (χ0v) is 11.8. The maximum Gasteiger partial charge on any atom is 0.326 e. The van der Waals surface area contributed by atoms with Crippen molar-refractivity contribution < 1.29 is 14.7 Å². The first-order chi connectivity index (χ1) is 8.91. The average molecular weight is 265 g/mol. The lowest BCUT2D eigenvalue weighted by Crippen LogP contribution is -2.64. The van der Waals surface area contributed by atoms with E-state index in [0.29, 0.717) is 17.8 Å². The summed E-state index contributed by atoms with van der Waals surface area (Å²) in [7, 11) is 0. The zero-order chi connectivity index (χ0) is 13.8. The fraction of sp³-hybridized carbons (Fsp3) is 0.867. The van der Waals surface area contributed by atoms with E-state index in [-0.39, 0.29) is 11.4 Å². The molecule has 0 aromatic carbocycles. The molecule has 4 heteroatoms. The van der Waals surface area contributed by atoms with Crippen molar-refractivity contribution in [1.29, 1.82) is 0 Å². The molecule has 106 valence electrons. The smallest absolute Gasteiger partial charge is 0.326 e. The number of carbonyl (C=O) groups excluding carboxylic acids is 1. The van der Waals surface area contributed by atoms with E-state index in [9.17, 15) is 14.7 Å². The minimum atomic E-state index is -0.883. The summed E-state index contributed by atoms with van der Waals surface area (Å²) < 4.78 is 0. The van der Waals surface area contributed by atoms with Gasteiger partial charge < -0.3 is 10.0 Å². The summed E-state index contributed by atoms with van der Waals surface area (Å²) >= 11 is 0. The Morgan fingerprint density at radius 3 is 1.84 bits per heavy atom. The standard InChI is InChI=1S/C15H23NO3/c1-9(14(18)19)16(10(2)17)15-6-11-3-12(7-15)5-13(4-11)8-15/h9,11-13H,3-8H2,1-2H3,(H,18,19). The highest BCUT2D eigenvalue weighted by molar-refractivity contribution is 5.82. The van der Waals surface area contributed by atoms with Gasteiger partial charge in [0, 0.05) is 12.5 Å². The first-order valence-electron chi connectivity index (χ1n) is 7.44. The largest absolute Gasteiger partial charge is 0.480 e. The van der Waals surface area contributed by atoms with Crippen LogP contribution in [0, 0.1) is 17.8 Å². The van der Waals surface area contributed by atoms with Crippen molar-refractivity contribution in [3.8, 4) is 0 Å². The molecule has 4 bridgehead atoms. The van der Waals surface area contributed by atoms with Gasteiger partial charge in [-0.25, -0.2) is 4.79 Å². The van der Waals surface area contributed by atoms with Crippen LogP contribution in [0.4, 0.5) is 0 Å². The Labute approximate surface area is 114 Å². The number of amides is 1. The van der Waals surface area contributed by atoms with Crippen LogP contribution < -0.4 is 0 Å². The van der Waals surface area contributed by atoms with E-state index in [1.54, 1.807) is 11.8 Å². The number of aliphatic carboxylic acids is 1. The van der Waals surface area contributed by atoms with Crippen LogP contribution in [0.1, 0.15) is 52.4 Å². The predicted molar refractivity (Wildman–Crippen MR) is 70.5 cm³/mol. The lowest BCUT2D eigenvalue weighted by atomic mass is 9.52. The van der Waals surface area contributed by atoms with Gasteiger partial charge in [-0.05, 0) is 63.2 Å². The van der Waals surface area contributed by atoms with Gasteiger partial charge in [-0.1, -0.05) is 0 Å². The fourth-order valence-corrected chi connectivity index (χ4v) is 5.49. The van der Waals surface area contributed by atoms with Gasteiger partial charge in [-0.3, -0.25) is 4.79 Å². The fourth-order valence-electron chi connectivity index (χ4n) is 5.49. The van der Waals surface area contributed by atoms with Gasteiger partial charge >= 0.3 is 5.97 Å². The Bertz CT molecular complexity index is 382. The molecule has 1 unspecified atom stereocenters. The van der Waals surface area contributed by atoms with Crippen molar-refractivity contribution in [2.45, 2.75) is 64.0 Å². The second-order valence-corrected chi connectivity index (χ2v) is 7.05. The summed E-state index contributed by atoms with van der Waals surface area (Å²) in [5.41, 5.74) is -0.154. The Kier molecular flexibility index (Phi) is 2.88. The molecule has 0 radical (unpaired) electrons. The van der Waals surface area contributed by atoms with Crippen LogP contribution in [0.25, 0.3) is 0 Å². The third kappa shape index (κ3) is 1.96. The van der Waals surface area contributed by atoms with Crippen LogP contribution >= 0.6 is 0 Å². The first kappa shape index (κ1) is 12.9. The molecule has 0 saturated heterocycles. The van der Waals surface area contributed by atoms with Gasteiger partial charge in [0.25, 0.3) is 0 Å². The Hall–Kier alpha value is -1.06. The molecule has 4 rings (SSSR count). The highest BCUT2D eigenvalue weighted by atomic mass is 16.4. The quantitative estimate of drug-likeness (QED) is 0.851. The molecule has 0 heterocycles. The molecular weight excluding hydrogens is 242 g/mol. The minimum absolute atomic E-state index is 0.0724. The van der Waals surface area contributed by atoms with Crippen molar-refractivity contribution >= 4 is 11.9 Å². The van der Waals surface area contributed by atoms with E-state index in [1.807, 2.05) is 0 Å². The van der Waals surface area contributed by atoms with E-state index in [1.165, 1.54) is 26.2 Å². The Balaban J connectivity index is 1.93. The van der Waals surface area contributed by atoms with Gasteiger partial charge in [-0.2, -0.15) is 0 Å². The summed E-state index contributed by atoms with van der Waals surface area (Å²) in [5.74, 6) is 1.19. The monoisotopic (exact) mass is 265 g/mol. The van der Waals surface area contributed by atoms with Gasteiger partial charge in [0.15, 0.2) is 0 Å². The van der Waals surface area contributed by atoms with E-state index >= 15 is 0 Å².